The van der Waals surface area contributed by atoms with Gasteiger partial charge in [-0.1, -0.05) is 29.8 Å². The summed E-state index contributed by atoms with van der Waals surface area (Å²) < 4.78 is 0. The van der Waals surface area contributed by atoms with Crippen molar-refractivity contribution in [3.63, 3.8) is 0 Å². The largest absolute Gasteiger partial charge is 0.282 e. The summed E-state index contributed by atoms with van der Waals surface area (Å²) in [5.74, 6) is 0. The van der Waals surface area contributed by atoms with Crippen molar-refractivity contribution >= 4 is 11.6 Å². The highest BCUT2D eigenvalue weighted by atomic mass is 35.5. The van der Waals surface area contributed by atoms with Crippen LogP contribution < -0.4 is 0 Å². The molecule has 3 rings (SSSR count). The number of aryl methyl sites for hydroxylation is 1. The molecule has 0 aliphatic rings. The maximum Gasteiger partial charge on any atom is 0.100 e. The van der Waals surface area contributed by atoms with Crippen molar-refractivity contribution in [1.29, 1.82) is 0 Å². The van der Waals surface area contributed by atoms with E-state index in [2.05, 4.69) is 15.2 Å². The van der Waals surface area contributed by atoms with Gasteiger partial charge in [0, 0.05) is 39.8 Å². The smallest absolute Gasteiger partial charge is 0.100 e. The normalized spacial score (nSPS) is 10.6. The summed E-state index contributed by atoms with van der Waals surface area (Å²) >= 11 is 6.05. The molecule has 2 aromatic heterocycles. The van der Waals surface area contributed by atoms with Gasteiger partial charge in [-0.25, -0.2) is 0 Å². The van der Waals surface area contributed by atoms with E-state index in [1.807, 2.05) is 49.5 Å². The molecule has 0 amide bonds. The zero-order valence-corrected chi connectivity index (χ0v) is 11.1. The number of nitrogens with one attached hydrogen (secondary N) is 1. The highest BCUT2D eigenvalue weighted by molar-refractivity contribution is 6.30. The van der Waals surface area contributed by atoms with Crippen LogP contribution in [0.15, 0.2) is 48.8 Å². The predicted molar refractivity (Wildman–Crippen MR) is 77.0 cm³/mol. The van der Waals surface area contributed by atoms with Crippen LogP contribution in [0.2, 0.25) is 5.02 Å². The van der Waals surface area contributed by atoms with Crippen LogP contribution in [0.3, 0.4) is 0 Å². The van der Waals surface area contributed by atoms with E-state index in [9.17, 15) is 0 Å². The second kappa shape index (κ2) is 4.86. The number of hydrogen-bond donors (Lipinski definition) is 1. The van der Waals surface area contributed by atoms with Gasteiger partial charge >= 0.3 is 0 Å². The fraction of sp³-hybridized carbons (Fsp3) is 0.0667. The van der Waals surface area contributed by atoms with Gasteiger partial charge in [-0.05, 0) is 25.1 Å². The number of rotatable bonds is 2. The van der Waals surface area contributed by atoms with Crippen molar-refractivity contribution in [2.75, 3.05) is 0 Å². The van der Waals surface area contributed by atoms with Crippen molar-refractivity contribution in [2.24, 2.45) is 0 Å². The zero-order valence-electron chi connectivity index (χ0n) is 10.4. The third-order valence-electron chi connectivity index (χ3n) is 3.00. The maximum atomic E-state index is 6.05. The second-order valence-electron chi connectivity index (χ2n) is 4.32. The molecule has 0 unspecified atom stereocenters. The quantitative estimate of drug-likeness (QED) is 0.761. The molecule has 1 aromatic carbocycles. The van der Waals surface area contributed by atoms with Crippen molar-refractivity contribution in [2.45, 2.75) is 6.92 Å². The topological polar surface area (TPSA) is 41.6 Å². The van der Waals surface area contributed by atoms with Crippen LogP contribution in [0.1, 0.15) is 5.69 Å². The van der Waals surface area contributed by atoms with Crippen molar-refractivity contribution in [3.8, 4) is 22.4 Å². The standard InChI is InChI=1S/C15H12ClN3/c1-10-14(12-5-3-7-17-9-12)15(19-18-10)11-4-2-6-13(16)8-11/h2-9H,1H3,(H,18,19). The Morgan fingerprint density at radius 3 is 2.68 bits per heavy atom. The van der Waals surface area contributed by atoms with E-state index >= 15 is 0 Å². The minimum absolute atomic E-state index is 0.704. The summed E-state index contributed by atoms with van der Waals surface area (Å²) in [6.45, 7) is 2.00. The Bertz CT molecular complexity index is 704. The third kappa shape index (κ3) is 2.25. The van der Waals surface area contributed by atoms with Gasteiger partial charge in [-0.2, -0.15) is 5.10 Å². The highest BCUT2D eigenvalue weighted by Crippen LogP contribution is 2.33. The minimum atomic E-state index is 0.704. The summed E-state index contributed by atoms with van der Waals surface area (Å²) in [6, 6.07) is 11.6. The van der Waals surface area contributed by atoms with E-state index in [1.165, 1.54) is 0 Å². The van der Waals surface area contributed by atoms with Crippen molar-refractivity contribution in [1.82, 2.24) is 15.2 Å². The van der Waals surface area contributed by atoms with Gasteiger partial charge < -0.3 is 0 Å². The SMILES string of the molecule is Cc1[nH]nc(-c2cccc(Cl)c2)c1-c1cccnc1. The average Bonchev–Trinajstić information content (AvgIpc) is 2.82. The number of halogens is 1. The van der Waals surface area contributed by atoms with Crippen LogP contribution in [0.25, 0.3) is 22.4 Å². The van der Waals surface area contributed by atoms with Crippen LogP contribution in [-0.2, 0) is 0 Å². The van der Waals surface area contributed by atoms with Gasteiger partial charge in [0.2, 0.25) is 0 Å². The molecule has 3 nitrogen and oxygen atoms in total. The lowest BCUT2D eigenvalue weighted by atomic mass is 10.0. The predicted octanol–water partition coefficient (Wildman–Crippen LogP) is 4.10. The van der Waals surface area contributed by atoms with Gasteiger partial charge in [0.25, 0.3) is 0 Å². The average molecular weight is 270 g/mol. The Morgan fingerprint density at radius 2 is 1.95 bits per heavy atom. The summed E-state index contributed by atoms with van der Waals surface area (Å²) in [5.41, 5.74) is 5.02. The number of aromatic amines is 1. The summed E-state index contributed by atoms with van der Waals surface area (Å²) in [7, 11) is 0. The Morgan fingerprint density at radius 1 is 1.11 bits per heavy atom. The number of benzene rings is 1. The first kappa shape index (κ1) is 11.9. The number of hydrogen-bond acceptors (Lipinski definition) is 2. The molecule has 0 atom stereocenters. The number of pyridine rings is 1. The molecule has 0 saturated carbocycles. The van der Waals surface area contributed by atoms with E-state index in [0.717, 1.165) is 28.1 Å². The molecule has 0 bridgehead atoms. The zero-order chi connectivity index (χ0) is 13.2. The fourth-order valence-electron chi connectivity index (χ4n) is 2.14. The molecule has 19 heavy (non-hydrogen) atoms. The lowest BCUT2D eigenvalue weighted by Crippen LogP contribution is -1.85. The highest BCUT2D eigenvalue weighted by Gasteiger charge is 2.14. The molecule has 0 aliphatic carbocycles. The lowest BCUT2D eigenvalue weighted by Gasteiger charge is -2.04. The molecule has 0 fully saturated rings. The first-order chi connectivity index (χ1) is 9.25. The summed E-state index contributed by atoms with van der Waals surface area (Å²) in [5, 5.41) is 8.13. The Labute approximate surface area is 116 Å². The van der Waals surface area contributed by atoms with Crippen molar-refractivity contribution < 1.29 is 0 Å². The van der Waals surface area contributed by atoms with E-state index < -0.39 is 0 Å². The number of aromatic nitrogens is 3. The molecule has 0 saturated heterocycles. The summed E-state index contributed by atoms with van der Waals surface area (Å²) in [4.78, 5) is 4.17. The van der Waals surface area contributed by atoms with E-state index in [1.54, 1.807) is 6.20 Å². The third-order valence-corrected chi connectivity index (χ3v) is 3.23. The molecule has 2 heterocycles. The van der Waals surface area contributed by atoms with Crippen LogP contribution >= 0.6 is 11.6 Å². The van der Waals surface area contributed by atoms with Gasteiger partial charge in [0.1, 0.15) is 5.69 Å². The molecular formula is C15H12ClN3. The molecule has 94 valence electrons. The molecule has 3 aromatic rings. The Balaban J connectivity index is 2.19. The number of nitrogens with zero attached hydrogens (tertiary/aromatic N) is 2. The van der Waals surface area contributed by atoms with E-state index in [0.29, 0.717) is 5.02 Å². The molecule has 0 radical (unpaired) electrons. The molecular weight excluding hydrogens is 258 g/mol. The van der Waals surface area contributed by atoms with E-state index in [-0.39, 0.29) is 0 Å². The second-order valence-corrected chi connectivity index (χ2v) is 4.76. The number of H-pyrrole nitrogens is 1. The van der Waals surface area contributed by atoms with Gasteiger partial charge in [0.15, 0.2) is 0 Å². The monoisotopic (exact) mass is 269 g/mol. The first-order valence-electron chi connectivity index (χ1n) is 5.97. The van der Waals surface area contributed by atoms with Crippen LogP contribution in [0.4, 0.5) is 0 Å². The first-order valence-corrected chi connectivity index (χ1v) is 6.35. The maximum absolute atomic E-state index is 6.05. The Hall–Kier alpha value is -2.13. The van der Waals surface area contributed by atoms with Gasteiger partial charge in [0.05, 0.1) is 0 Å². The minimum Gasteiger partial charge on any atom is -0.282 e. The summed E-state index contributed by atoms with van der Waals surface area (Å²) in [6.07, 6.45) is 3.60. The van der Waals surface area contributed by atoms with Gasteiger partial charge in [-0.3, -0.25) is 10.1 Å². The fourth-order valence-corrected chi connectivity index (χ4v) is 2.33. The molecule has 0 aliphatic heterocycles. The molecule has 0 spiro atoms. The van der Waals surface area contributed by atoms with Gasteiger partial charge in [-0.15, -0.1) is 0 Å². The van der Waals surface area contributed by atoms with Crippen LogP contribution in [0.5, 0.6) is 0 Å². The van der Waals surface area contributed by atoms with E-state index in [4.69, 9.17) is 11.6 Å². The lowest BCUT2D eigenvalue weighted by molar-refractivity contribution is 1.05. The molecule has 1 N–H and O–H groups in total. The van der Waals surface area contributed by atoms with Crippen molar-refractivity contribution in [3.05, 3.63) is 59.5 Å². The Kier molecular flexibility index (Phi) is 3.05. The van der Waals surface area contributed by atoms with Crippen LogP contribution in [0, 0.1) is 6.92 Å². The van der Waals surface area contributed by atoms with Crippen LogP contribution in [-0.4, -0.2) is 15.2 Å². The molecule has 4 heteroatoms.